The van der Waals surface area contributed by atoms with E-state index in [0.717, 1.165) is 11.1 Å². The van der Waals surface area contributed by atoms with Gasteiger partial charge in [-0.25, -0.2) is 8.42 Å². The summed E-state index contributed by atoms with van der Waals surface area (Å²) in [6.07, 6.45) is 0. The van der Waals surface area contributed by atoms with Crippen molar-refractivity contribution in [3.05, 3.63) is 60.4 Å². The second kappa shape index (κ2) is 4.24. The van der Waals surface area contributed by atoms with E-state index in [1.165, 1.54) is 0 Å². The Morgan fingerprint density at radius 3 is 2.37 bits per heavy atom. The normalized spacial score (nSPS) is 11.8. The maximum Gasteiger partial charge on any atom is 0.206 e. The first-order valence-corrected chi connectivity index (χ1v) is 7.36. The Morgan fingerprint density at radius 1 is 0.895 bits per heavy atom. The maximum absolute atomic E-state index is 12.5. The van der Waals surface area contributed by atoms with Crippen molar-refractivity contribution in [2.75, 3.05) is 0 Å². The van der Waals surface area contributed by atoms with Crippen LogP contribution in [0.5, 0.6) is 0 Å². The molecule has 0 unspecified atom stereocenters. The SMILES string of the molecule is Cc1cc2cc(S(=O)(=O)c3ccccc3)ccc2o1. The van der Waals surface area contributed by atoms with E-state index >= 15 is 0 Å². The first-order chi connectivity index (χ1) is 9.07. The van der Waals surface area contributed by atoms with Gasteiger partial charge < -0.3 is 4.42 Å². The minimum absolute atomic E-state index is 0.284. The zero-order valence-corrected chi connectivity index (χ0v) is 11.1. The smallest absolute Gasteiger partial charge is 0.206 e. The Hall–Kier alpha value is -2.07. The largest absolute Gasteiger partial charge is 0.461 e. The standard InChI is InChI=1S/C15H12O3S/c1-11-9-12-10-14(7-8-15(12)18-11)19(16,17)13-5-3-2-4-6-13/h2-10H,1H3. The molecule has 0 spiro atoms. The van der Waals surface area contributed by atoms with Gasteiger partial charge in [-0.05, 0) is 43.3 Å². The van der Waals surface area contributed by atoms with Gasteiger partial charge in [-0.15, -0.1) is 0 Å². The molecular weight excluding hydrogens is 260 g/mol. The first-order valence-electron chi connectivity index (χ1n) is 5.88. The van der Waals surface area contributed by atoms with Gasteiger partial charge in [-0.1, -0.05) is 18.2 Å². The summed E-state index contributed by atoms with van der Waals surface area (Å²) in [4.78, 5) is 0.585. The Kier molecular flexibility index (Phi) is 2.68. The zero-order chi connectivity index (χ0) is 13.5. The first kappa shape index (κ1) is 12.0. The Balaban J connectivity index is 2.18. The molecule has 0 bridgehead atoms. The Bertz CT molecular complexity index is 830. The molecule has 0 saturated carbocycles. The molecular formula is C15H12O3S. The van der Waals surface area contributed by atoms with Crippen molar-refractivity contribution in [2.45, 2.75) is 16.7 Å². The van der Waals surface area contributed by atoms with Gasteiger partial charge in [0.2, 0.25) is 9.84 Å². The number of hydrogen-bond acceptors (Lipinski definition) is 3. The van der Waals surface area contributed by atoms with Crippen LogP contribution in [0.25, 0.3) is 11.0 Å². The van der Waals surface area contributed by atoms with Crippen LogP contribution in [0.3, 0.4) is 0 Å². The summed E-state index contributed by atoms with van der Waals surface area (Å²) in [5, 5.41) is 0.800. The lowest BCUT2D eigenvalue weighted by Crippen LogP contribution is -2.01. The highest BCUT2D eigenvalue weighted by molar-refractivity contribution is 7.91. The predicted octanol–water partition coefficient (Wildman–Crippen LogP) is 3.57. The monoisotopic (exact) mass is 272 g/mol. The quantitative estimate of drug-likeness (QED) is 0.716. The van der Waals surface area contributed by atoms with Crippen molar-refractivity contribution in [3.63, 3.8) is 0 Å². The summed E-state index contributed by atoms with van der Waals surface area (Å²) < 4.78 is 30.4. The molecule has 0 radical (unpaired) electrons. The minimum Gasteiger partial charge on any atom is -0.461 e. The van der Waals surface area contributed by atoms with Gasteiger partial charge in [-0.3, -0.25) is 0 Å². The van der Waals surface area contributed by atoms with Gasteiger partial charge >= 0.3 is 0 Å². The molecule has 3 nitrogen and oxygen atoms in total. The van der Waals surface area contributed by atoms with Gasteiger partial charge in [0.05, 0.1) is 9.79 Å². The molecule has 0 N–H and O–H groups in total. The summed E-state index contributed by atoms with van der Waals surface area (Å²) in [6.45, 7) is 1.84. The summed E-state index contributed by atoms with van der Waals surface area (Å²) in [5.41, 5.74) is 0.699. The van der Waals surface area contributed by atoms with Gasteiger partial charge in [0, 0.05) is 5.39 Å². The third kappa shape index (κ3) is 2.04. The fraction of sp³-hybridized carbons (Fsp3) is 0.0667. The number of fused-ring (bicyclic) bond motifs is 1. The van der Waals surface area contributed by atoms with Crippen LogP contribution in [0.15, 0.2) is 68.8 Å². The third-order valence-corrected chi connectivity index (χ3v) is 4.74. The second-order valence-electron chi connectivity index (χ2n) is 4.37. The highest BCUT2D eigenvalue weighted by Crippen LogP contribution is 2.26. The van der Waals surface area contributed by atoms with E-state index in [1.54, 1.807) is 48.5 Å². The van der Waals surface area contributed by atoms with Crippen LogP contribution >= 0.6 is 0 Å². The van der Waals surface area contributed by atoms with E-state index in [1.807, 2.05) is 13.0 Å². The molecule has 2 aromatic carbocycles. The topological polar surface area (TPSA) is 47.3 Å². The third-order valence-electron chi connectivity index (χ3n) is 2.97. The Labute approximate surface area is 111 Å². The fourth-order valence-electron chi connectivity index (χ4n) is 2.06. The molecule has 1 aromatic heterocycles. The van der Waals surface area contributed by atoms with E-state index < -0.39 is 9.84 Å². The van der Waals surface area contributed by atoms with Crippen molar-refractivity contribution < 1.29 is 12.8 Å². The van der Waals surface area contributed by atoms with E-state index in [0.29, 0.717) is 10.5 Å². The number of rotatable bonds is 2. The number of benzene rings is 2. The lowest BCUT2D eigenvalue weighted by molar-refractivity contribution is 0.578. The van der Waals surface area contributed by atoms with Crippen molar-refractivity contribution in [2.24, 2.45) is 0 Å². The summed E-state index contributed by atoms with van der Waals surface area (Å²) >= 11 is 0. The maximum atomic E-state index is 12.5. The van der Waals surface area contributed by atoms with Gasteiger partial charge in [0.15, 0.2) is 0 Å². The zero-order valence-electron chi connectivity index (χ0n) is 10.3. The predicted molar refractivity (Wildman–Crippen MR) is 72.8 cm³/mol. The number of furan rings is 1. The lowest BCUT2D eigenvalue weighted by atomic mass is 10.2. The van der Waals surface area contributed by atoms with Crippen molar-refractivity contribution in [3.8, 4) is 0 Å². The summed E-state index contributed by atoms with van der Waals surface area (Å²) in [7, 11) is -3.46. The molecule has 0 aliphatic carbocycles. The highest BCUT2D eigenvalue weighted by atomic mass is 32.2. The van der Waals surface area contributed by atoms with Crippen LogP contribution in [-0.4, -0.2) is 8.42 Å². The van der Waals surface area contributed by atoms with Crippen LogP contribution in [0, 0.1) is 6.92 Å². The van der Waals surface area contributed by atoms with Crippen LogP contribution < -0.4 is 0 Å². The van der Waals surface area contributed by atoms with Crippen LogP contribution in [0.1, 0.15) is 5.76 Å². The van der Waals surface area contributed by atoms with E-state index in [-0.39, 0.29) is 4.90 Å². The van der Waals surface area contributed by atoms with Gasteiger partial charge in [0.25, 0.3) is 0 Å². The van der Waals surface area contributed by atoms with E-state index in [2.05, 4.69) is 0 Å². The van der Waals surface area contributed by atoms with Gasteiger partial charge in [0.1, 0.15) is 11.3 Å². The van der Waals surface area contributed by atoms with E-state index in [9.17, 15) is 8.42 Å². The molecule has 1 heterocycles. The molecule has 96 valence electrons. The van der Waals surface area contributed by atoms with Gasteiger partial charge in [-0.2, -0.15) is 0 Å². The van der Waals surface area contributed by atoms with Crippen molar-refractivity contribution >= 4 is 20.8 Å². The molecule has 0 aliphatic heterocycles. The van der Waals surface area contributed by atoms with Crippen LogP contribution in [-0.2, 0) is 9.84 Å². The molecule has 0 fully saturated rings. The summed E-state index contributed by atoms with van der Waals surface area (Å²) in [6, 6.07) is 15.2. The number of hydrogen-bond donors (Lipinski definition) is 0. The highest BCUT2D eigenvalue weighted by Gasteiger charge is 2.18. The molecule has 3 rings (SSSR count). The lowest BCUT2D eigenvalue weighted by Gasteiger charge is -2.04. The average molecular weight is 272 g/mol. The van der Waals surface area contributed by atoms with Crippen molar-refractivity contribution in [1.82, 2.24) is 0 Å². The fourth-order valence-corrected chi connectivity index (χ4v) is 3.37. The molecule has 0 amide bonds. The Morgan fingerprint density at radius 2 is 1.63 bits per heavy atom. The van der Waals surface area contributed by atoms with Crippen LogP contribution in [0.4, 0.5) is 0 Å². The minimum atomic E-state index is -3.46. The average Bonchev–Trinajstić information content (AvgIpc) is 2.78. The van der Waals surface area contributed by atoms with Crippen LogP contribution in [0.2, 0.25) is 0 Å². The molecule has 0 atom stereocenters. The number of sulfone groups is 1. The molecule has 4 heteroatoms. The van der Waals surface area contributed by atoms with Crippen molar-refractivity contribution in [1.29, 1.82) is 0 Å². The molecule has 19 heavy (non-hydrogen) atoms. The molecule has 3 aromatic rings. The second-order valence-corrected chi connectivity index (χ2v) is 6.32. The molecule has 0 aliphatic rings. The number of aryl methyl sites for hydroxylation is 1. The van der Waals surface area contributed by atoms with E-state index in [4.69, 9.17) is 4.42 Å². The molecule has 0 saturated heterocycles. The summed E-state index contributed by atoms with van der Waals surface area (Å²) in [5.74, 6) is 0.768.